The Kier molecular flexibility index (Phi) is 8.44. The molecule has 40 heavy (non-hydrogen) atoms. The third-order valence-electron chi connectivity index (χ3n) is 8.61. The summed E-state index contributed by atoms with van der Waals surface area (Å²) in [7, 11) is -3.73. The first-order valence-corrected chi connectivity index (χ1v) is 16.6. The van der Waals surface area contributed by atoms with Crippen LogP contribution in [0.25, 0.3) is 22.0 Å². The van der Waals surface area contributed by atoms with Crippen LogP contribution in [-0.4, -0.2) is 30.5 Å². The Morgan fingerprint density at radius 3 is 2.17 bits per heavy atom. The second-order valence-electron chi connectivity index (χ2n) is 13.0. The number of nitrogens with zero attached hydrogens (tertiary/aromatic N) is 1. The molecule has 216 valence electrons. The molecular weight excluding hydrogens is 518 g/mol. The predicted octanol–water partition coefficient (Wildman–Crippen LogP) is 7.34. The zero-order valence-corrected chi connectivity index (χ0v) is 25.4. The Labute approximate surface area is 240 Å². The Balaban J connectivity index is 1.60. The summed E-state index contributed by atoms with van der Waals surface area (Å²) < 4.78 is 32.0. The number of carbonyl (C=O) groups excluding carboxylic acids is 1. The first kappa shape index (κ1) is 28.9. The first-order valence-electron chi connectivity index (χ1n) is 15.1. The van der Waals surface area contributed by atoms with Gasteiger partial charge in [0.05, 0.1) is 10.5 Å². The summed E-state index contributed by atoms with van der Waals surface area (Å²) in [5, 5.41) is 4.88. The quantitative estimate of drug-likeness (QED) is 0.316. The summed E-state index contributed by atoms with van der Waals surface area (Å²) in [6.45, 7) is 8.49. The molecule has 0 unspecified atom stereocenters. The minimum atomic E-state index is -3.73. The highest BCUT2D eigenvalue weighted by Gasteiger charge is 2.27. The van der Waals surface area contributed by atoms with Crippen LogP contribution in [0, 0.1) is 12.8 Å². The molecular formula is C33H45N3O3S. The fraction of sp³-hybridized carbons (Fsp3) is 0.545. The van der Waals surface area contributed by atoms with Crippen LogP contribution < -0.4 is 10.0 Å². The largest absolute Gasteiger partial charge is 0.349 e. The van der Waals surface area contributed by atoms with E-state index in [1.807, 2.05) is 57.2 Å². The molecule has 5 rings (SSSR count). The van der Waals surface area contributed by atoms with E-state index in [-0.39, 0.29) is 16.8 Å². The number of amides is 1. The maximum Gasteiger partial charge on any atom is 0.253 e. The van der Waals surface area contributed by atoms with Crippen molar-refractivity contribution in [1.82, 2.24) is 14.6 Å². The molecule has 1 aromatic heterocycles. The standard InChI is InChI=1S/C33H45N3O3S/c1-23-29(32(37)34-25-15-9-6-10-16-25)21-30(36(23)22-24-13-7-5-8-14-24)27-19-20-31(28-18-12-11-17-26(27)28)40(38,39)35-33(2,3)4/h11-12,17-21,24-25,35H,5-10,13-16,22H2,1-4H3,(H,34,37). The molecule has 0 saturated heterocycles. The molecule has 0 radical (unpaired) electrons. The van der Waals surface area contributed by atoms with Crippen LogP contribution in [0.2, 0.25) is 0 Å². The average Bonchev–Trinajstić information content (AvgIpc) is 3.23. The van der Waals surface area contributed by atoms with E-state index in [1.165, 1.54) is 51.4 Å². The molecule has 6 nitrogen and oxygen atoms in total. The second-order valence-corrected chi connectivity index (χ2v) is 14.6. The SMILES string of the molecule is Cc1c(C(=O)NC2CCCCC2)cc(-c2ccc(S(=O)(=O)NC(C)(C)C)c3ccccc23)n1CC1CCCCC1. The van der Waals surface area contributed by atoms with Crippen LogP contribution >= 0.6 is 0 Å². The van der Waals surface area contributed by atoms with Crippen molar-refractivity contribution in [2.45, 2.75) is 115 Å². The van der Waals surface area contributed by atoms with E-state index in [1.54, 1.807) is 6.07 Å². The fourth-order valence-corrected chi connectivity index (χ4v) is 8.29. The van der Waals surface area contributed by atoms with Gasteiger partial charge >= 0.3 is 0 Å². The maximum absolute atomic E-state index is 13.6. The molecule has 2 aliphatic carbocycles. The van der Waals surface area contributed by atoms with Gasteiger partial charge in [0.15, 0.2) is 0 Å². The van der Waals surface area contributed by atoms with E-state index < -0.39 is 15.6 Å². The number of nitrogens with one attached hydrogen (secondary N) is 2. The summed E-state index contributed by atoms with van der Waals surface area (Å²) in [6.07, 6.45) is 11.9. The lowest BCUT2D eigenvalue weighted by molar-refractivity contribution is 0.0927. The third kappa shape index (κ3) is 6.31. The Bertz CT molecular complexity index is 1470. The minimum Gasteiger partial charge on any atom is -0.349 e. The third-order valence-corrected chi connectivity index (χ3v) is 10.4. The number of sulfonamides is 1. The van der Waals surface area contributed by atoms with Crippen molar-refractivity contribution in [3.63, 3.8) is 0 Å². The van der Waals surface area contributed by atoms with Gasteiger partial charge in [0.1, 0.15) is 0 Å². The van der Waals surface area contributed by atoms with E-state index in [9.17, 15) is 13.2 Å². The Morgan fingerprint density at radius 1 is 0.900 bits per heavy atom. The lowest BCUT2D eigenvalue weighted by Crippen LogP contribution is -2.40. The molecule has 2 saturated carbocycles. The molecule has 3 aromatic rings. The van der Waals surface area contributed by atoms with Gasteiger partial charge in [-0.2, -0.15) is 0 Å². The molecule has 0 aliphatic heterocycles. The fourth-order valence-electron chi connectivity index (χ4n) is 6.66. The van der Waals surface area contributed by atoms with Crippen molar-refractivity contribution in [2.75, 3.05) is 0 Å². The first-order chi connectivity index (χ1) is 19.0. The number of carbonyl (C=O) groups is 1. The highest BCUT2D eigenvalue weighted by molar-refractivity contribution is 7.89. The second kappa shape index (κ2) is 11.7. The number of fused-ring (bicyclic) bond motifs is 1. The van der Waals surface area contributed by atoms with Crippen molar-refractivity contribution in [2.24, 2.45) is 5.92 Å². The van der Waals surface area contributed by atoms with Gasteiger partial charge in [-0.25, -0.2) is 13.1 Å². The van der Waals surface area contributed by atoms with Gasteiger partial charge in [-0.1, -0.05) is 68.9 Å². The molecule has 2 N–H and O–H groups in total. The van der Waals surface area contributed by atoms with Gasteiger partial charge in [-0.05, 0) is 76.8 Å². The Hall–Kier alpha value is -2.64. The summed E-state index contributed by atoms with van der Waals surface area (Å²) in [6, 6.07) is 13.7. The van der Waals surface area contributed by atoms with Gasteiger partial charge in [0.2, 0.25) is 10.0 Å². The van der Waals surface area contributed by atoms with E-state index in [0.717, 1.165) is 47.3 Å². The van der Waals surface area contributed by atoms with Crippen molar-refractivity contribution < 1.29 is 13.2 Å². The number of aromatic nitrogens is 1. The maximum atomic E-state index is 13.6. The van der Waals surface area contributed by atoms with Crippen LogP contribution in [0.5, 0.6) is 0 Å². The average molecular weight is 564 g/mol. The lowest BCUT2D eigenvalue weighted by Gasteiger charge is -2.25. The van der Waals surface area contributed by atoms with Crippen molar-refractivity contribution in [3.8, 4) is 11.3 Å². The molecule has 0 bridgehead atoms. The van der Waals surface area contributed by atoms with Gasteiger partial charge in [0, 0.05) is 40.5 Å². The predicted molar refractivity (Wildman–Crippen MR) is 163 cm³/mol. The summed E-state index contributed by atoms with van der Waals surface area (Å²) in [5.74, 6) is 0.584. The zero-order chi connectivity index (χ0) is 28.5. The lowest BCUT2D eigenvalue weighted by atomic mass is 9.89. The molecule has 1 amide bonds. The van der Waals surface area contributed by atoms with Gasteiger partial charge < -0.3 is 9.88 Å². The number of hydrogen-bond acceptors (Lipinski definition) is 3. The number of rotatable bonds is 7. The van der Waals surface area contributed by atoms with Gasteiger partial charge in [-0.15, -0.1) is 0 Å². The van der Waals surface area contributed by atoms with E-state index in [4.69, 9.17) is 0 Å². The van der Waals surface area contributed by atoms with Crippen LogP contribution in [0.1, 0.15) is 101 Å². The highest BCUT2D eigenvalue weighted by atomic mass is 32.2. The summed E-state index contributed by atoms with van der Waals surface area (Å²) in [4.78, 5) is 13.9. The molecule has 0 atom stereocenters. The van der Waals surface area contributed by atoms with E-state index in [2.05, 4.69) is 21.5 Å². The van der Waals surface area contributed by atoms with E-state index in [0.29, 0.717) is 11.3 Å². The normalized spacial score (nSPS) is 17.8. The summed E-state index contributed by atoms with van der Waals surface area (Å²) in [5.41, 5.74) is 3.07. The van der Waals surface area contributed by atoms with Crippen molar-refractivity contribution in [3.05, 3.63) is 53.7 Å². The van der Waals surface area contributed by atoms with Crippen LogP contribution in [0.3, 0.4) is 0 Å². The number of hydrogen-bond donors (Lipinski definition) is 2. The zero-order valence-electron chi connectivity index (χ0n) is 24.6. The smallest absolute Gasteiger partial charge is 0.253 e. The molecule has 2 aliphatic rings. The molecule has 7 heteroatoms. The van der Waals surface area contributed by atoms with Crippen molar-refractivity contribution >= 4 is 26.7 Å². The minimum absolute atomic E-state index is 0.00549. The highest BCUT2D eigenvalue weighted by Crippen LogP contribution is 2.37. The van der Waals surface area contributed by atoms with Crippen LogP contribution in [0.4, 0.5) is 0 Å². The summed E-state index contributed by atoms with van der Waals surface area (Å²) >= 11 is 0. The molecule has 2 aromatic carbocycles. The van der Waals surface area contributed by atoms with Crippen LogP contribution in [0.15, 0.2) is 47.4 Å². The topological polar surface area (TPSA) is 80.2 Å². The van der Waals surface area contributed by atoms with E-state index >= 15 is 0 Å². The molecule has 2 fully saturated rings. The van der Waals surface area contributed by atoms with Crippen LogP contribution in [-0.2, 0) is 16.6 Å². The Morgan fingerprint density at radius 2 is 1.52 bits per heavy atom. The monoisotopic (exact) mass is 563 g/mol. The van der Waals surface area contributed by atoms with Crippen molar-refractivity contribution in [1.29, 1.82) is 0 Å². The van der Waals surface area contributed by atoms with Gasteiger partial charge in [0.25, 0.3) is 5.91 Å². The molecule has 0 spiro atoms. The molecule has 1 heterocycles. The van der Waals surface area contributed by atoms with Gasteiger partial charge in [-0.3, -0.25) is 4.79 Å². The number of benzene rings is 2.